The van der Waals surface area contributed by atoms with Crippen LogP contribution in [-0.2, 0) is 0 Å². The third kappa shape index (κ3) is 2.80. The maximum Gasteiger partial charge on any atom is 0.0991 e. The van der Waals surface area contributed by atoms with Gasteiger partial charge in [0.25, 0.3) is 0 Å². The Labute approximate surface area is 141 Å². The van der Waals surface area contributed by atoms with E-state index >= 15 is 0 Å². The molecule has 2 aromatic carbocycles. The summed E-state index contributed by atoms with van der Waals surface area (Å²) in [7, 11) is 0. The second kappa shape index (κ2) is 6.15. The Morgan fingerprint density at radius 2 is 1.27 bits per heavy atom. The van der Waals surface area contributed by atoms with Crippen molar-refractivity contribution in [3.8, 4) is 33.0 Å². The van der Waals surface area contributed by atoms with Gasteiger partial charge in [-0.3, -0.25) is 0 Å². The van der Waals surface area contributed by atoms with Gasteiger partial charge >= 0.3 is 0 Å². The van der Waals surface area contributed by atoms with E-state index in [0.29, 0.717) is 11.1 Å². The van der Waals surface area contributed by atoms with Crippen LogP contribution in [0.2, 0.25) is 0 Å². The molecule has 0 saturated heterocycles. The lowest BCUT2D eigenvalue weighted by Crippen LogP contribution is -1.75. The minimum absolute atomic E-state index is 0.656. The monoisotopic (exact) mass is 364 g/mol. The van der Waals surface area contributed by atoms with E-state index in [4.69, 9.17) is 10.5 Å². The summed E-state index contributed by atoms with van der Waals surface area (Å²) in [5.74, 6) is 0. The number of thiophene rings is 1. The van der Waals surface area contributed by atoms with Gasteiger partial charge in [-0.2, -0.15) is 10.5 Å². The summed E-state index contributed by atoms with van der Waals surface area (Å²) >= 11 is 5.29. The summed E-state index contributed by atoms with van der Waals surface area (Å²) < 4.78 is 1.03. The van der Waals surface area contributed by atoms with Crippen molar-refractivity contribution in [3.05, 3.63) is 70.2 Å². The van der Waals surface area contributed by atoms with E-state index in [0.717, 1.165) is 25.4 Å². The van der Waals surface area contributed by atoms with Gasteiger partial charge in [-0.25, -0.2) is 0 Å². The van der Waals surface area contributed by atoms with Crippen LogP contribution < -0.4 is 0 Å². The van der Waals surface area contributed by atoms with Crippen molar-refractivity contribution in [1.29, 1.82) is 10.5 Å². The Balaban J connectivity index is 1.99. The summed E-state index contributed by atoms with van der Waals surface area (Å²) in [4.78, 5) is 2.26. The molecule has 4 heteroatoms. The van der Waals surface area contributed by atoms with Crippen LogP contribution in [0.5, 0.6) is 0 Å². The van der Waals surface area contributed by atoms with E-state index < -0.39 is 0 Å². The molecule has 22 heavy (non-hydrogen) atoms. The highest BCUT2D eigenvalue weighted by atomic mass is 79.9. The molecule has 0 radical (unpaired) electrons. The van der Waals surface area contributed by atoms with Gasteiger partial charge < -0.3 is 0 Å². The third-order valence-corrected chi connectivity index (χ3v) is 5.38. The lowest BCUT2D eigenvalue weighted by molar-refractivity contribution is 1.48. The molecule has 0 atom stereocenters. The molecule has 0 amide bonds. The van der Waals surface area contributed by atoms with Crippen LogP contribution in [0, 0.1) is 22.7 Å². The van der Waals surface area contributed by atoms with E-state index in [-0.39, 0.29) is 0 Å². The standard InChI is InChI=1S/C18H9BrN2S/c19-16-9-17(14-5-1-12(10-20)2-6-14)22-18(16)15-7-3-13(11-21)4-8-15/h1-9H. The molecule has 2 nitrogen and oxygen atoms in total. The Kier molecular flexibility index (Phi) is 4.06. The van der Waals surface area contributed by atoms with Gasteiger partial charge in [0.05, 0.1) is 23.3 Å². The highest BCUT2D eigenvalue weighted by Crippen LogP contribution is 2.41. The van der Waals surface area contributed by atoms with Gasteiger partial charge in [0.2, 0.25) is 0 Å². The SMILES string of the molecule is N#Cc1ccc(-c2cc(Br)c(-c3ccc(C#N)cc3)s2)cc1. The first-order chi connectivity index (χ1) is 10.7. The molecule has 0 aliphatic heterocycles. The van der Waals surface area contributed by atoms with Crippen LogP contribution in [0.3, 0.4) is 0 Å². The third-order valence-electron chi connectivity index (χ3n) is 3.26. The number of halogens is 1. The van der Waals surface area contributed by atoms with Crippen LogP contribution in [0.25, 0.3) is 20.9 Å². The summed E-state index contributed by atoms with van der Waals surface area (Å²) in [6, 6.07) is 21.5. The van der Waals surface area contributed by atoms with Crippen LogP contribution in [0.15, 0.2) is 59.1 Å². The molecule has 1 heterocycles. The number of hydrogen-bond acceptors (Lipinski definition) is 3. The molecule has 0 fully saturated rings. The highest BCUT2D eigenvalue weighted by molar-refractivity contribution is 9.10. The molecule has 104 valence electrons. The molecule has 0 unspecified atom stereocenters. The van der Waals surface area contributed by atoms with Crippen LogP contribution in [-0.4, -0.2) is 0 Å². The van der Waals surface area contributed by atoms with Gasteiger partial charge in [0, 0.05) is 14.2 Å². The maximum absolute atomic E-state index is 8.87. The average molecular weight is 365 g/mol. The number of rotatable bonds is 2. The van der Waals surface area contributed by atoms with Gasteiger partial charge in [-0.1, -0.05) is 24.3 Å². The van der Waals surface area contributed by atoms with E-state index in [2.05, 4.69) is 34.1 Å². The Hall–Kier alpha value is -2.40. The van der Waals surface area contributed by atoms with E-state index in [9.17, 15) is 0 Å². The molecular weight excluding hydrogens is 356 g/mol. The first-order valence-corrected chi connectivity index (χ1v) is 8.12. The first-order valence-electron chi connectivity index (χ1n) is 6.51. The Morgan fingerprint density at radius 1 is 0.773 bits per heavy atom. The molecule has 0 saturated carbocycles. The molecular formula is C18H9BrN2S. The van der Waals surface area contributed by atoms with E-state index in [1.54, 1.807) is 11.3 Å². The summed E-state index contributed by atoms with van der Waals surface area (Å²) in [6.45, 7) is 0. The molecule has 3 rings (SSSR count). The van der Waals surface area contributed by atoms with Crippen LogP contribution in [0.1, 0.15) is 11.1 Å². The highest BCUT2D eigenvalue weighted by Gasteiger charge is 2.10. The van der Waals surface area contributed by atoms with Crippen molar-refractivity contribution < 1.29 is 0 Å². The topological polar surface area (TPSA) is 47.6 Å². The van der Waals surface area contributed by atoms with Crippen molar-refractivity contribution in [2.24, 2.45) is 0 Å². The molecule has 0 bridgehead atoms. The maximum atomic E-state index is 8.87. The molecule has 0 spiro atoms. The zero-order valence-corrected chi connectivity index (χ0v) is 13.8. The zero-order valence-electron chi connectivity index (χ0n) is 11.4. The number of nitrogens with zero attached hydrogens (tertiary/aromatic N) is 2. The Bertz CT molecular complexity index is 894. The predicted molar refractivity (Wildman–Crippen MR) is 92.3 cm³/mol. The first kappa shape index (κ1) is 14.5. The quantitative estimate of drug-likeness (QED) is 0.594. The fourth-order valence-corrected chi connectivity index (χ4v) is 4.03. The normalized spacial score (nSPS) is 9.95. The van der Waals surface area contributed by atoms with Gasteiger partial charge in [0.1, 0.15) is 0 Å². The summed E-state index contributed by atoms with van der Waals surface area (Å²) in [5.41, 5.74) is 3.48. The molecule has 0 N–H and O–H groups in total. The lowest BCUT2D eigenvalue weighted by atomic mass is 10.1. The summed E-state index contributed by atoms with van der Waals surface area (Å²) in [5, 5.41) is 17.7. The largest absolute Gasteiger partial charge is 0.192 e. The van der Waals surface area contributed by atoms with Gasteiger partial charge in [-0.15, -0.1) is 11.3 Å². The number of nitriles is 2. The molecule has 3 aromatic rings. The second-order valence-electron chi connectivity index (χ2n) is 4.67. The lowest BCUT2D eigenvalue weighted by Gasteiger charge is -1.99. The number of hydrogen-bond donors (Lipinski definition) is 0. The molecule has 1 aromatic heterocycles. The van der Waals surface area contributed by atoms with E-state index in [1.165, 1.54) is 0 Å². The zero-order chi connectivity index (χ0) is 15.5. The smallest absolute Gasteiger partial charge is 0.0991 e. The van der Waals surface area contributed by atoms with E-state index in [1.807, 2.05) is 48.5 Å². The van der Waals surface area contributed by atoms with Gasteiger partial charge in [0.15, 0.2) is 0 Å². The van der Waals surface area contributed by atoms with Crippen molar-refractivity contribution in [3.63, 3.8) is 0 Å². The van der Waals surface area contributed by atoms with Crippen LogP contribution in [0.4, 0.5) is 0 Å². The fraction of sp³-hybridized carbons (Fsp3) is 0. The van der Waals surface area contributed by atoms with Crippen LogP contribution >= 0.6 is 27.3 Å². The second-order valence-corrected chi connectivity index (χ2v) is 6.57. The summed E-state index contributed by atoms with van der Waals surface area (Å²) in [6.07, 6.45) is 0. The van der Waals surface area contributed by atoms with Crippen molar-refractivity contribution >= 4 is 27.3 Å². The minimum atomic E-state index is 0.656. The Morgan fingerprint density at radius 3 is 1.77 bits per heavy atom. The predicted octanol–water partition coefficient (Wildman–Crippen LogP) is 5.59. The average Bonchev–Trinajstić information content (AvgIpc) is 2.97. The minimum Gasteiger partial charge on any atom is -0.192 e. The molecule has 0 aliphatic carbocycles. The number of benzene rings is 2. The van der Waals surface area contributed by atoms with Gasteiger partial charge in [-0.05, 0) is 57.4 Å². The van der Waals surface area contributed by atoms with Crippen molar-refractivity contribution in [2.75, 3.05) is 0 Å². The van der Waals surface area contributed by atoms with Crippen molar-refractivity contribution in [2.45, 2.75) is 0 Å². The molecule has 0 aliphatic rings. The fourth-order valence-electron chi connectivity index (χ4n) is 2.11. The van der Waals surface area contributed by atoms with Crippen molar-refractivity contribution in [1.82, 2.24) is 0 Å².